The molecule has 0 bridgehead atoms. The Labute approximate surface area is 104 Å². The standard InChI is InChI=1S/C13H26N2O2/c1-4-13(3,8-9-16)14-10-12(17)15(5-2)11-6-7-11/h11,14,16H,4-10H2,1-3H3. The van der Waals surface area contributed by atoms with Crippen LogP contribution in [0.3, 0.4) is 0 Å². The van der Waals surface area contributed by atoms with Crippen molar-refractivity contribution in [3.05, 3.63) is 0 Å². The Morgan fingerprint density at radius 3 is 2.53 bits per heavy atom. The molecule has 1 aliphatic carbocycles. The van der Waals surface area contributed by atoms with Gasteiger partial charge in [0.25, 0.3) is 0 Å². The van der Waals surface area contributed by atoms with Crippen LogP contribution in [0, 0.1) is 0 Å². The normalized spacial score (nSPS) is 18.8. The van der Waals surface area contributed by atoms with E-state index in [0.717, 1.165) is 25.8 Å². The summed E-state index contributed by atoms with van der Waals surface area (Å²) in [4.78, 5) is 14.0. The summed E-state index contributed by atoms with van der Waals surface area (Å²) in [5, 5.41) is 12.3. The van der Waals surface area contributed by atoms with Gasteiger partial charge in [-0.15, -0.1) is 0 Å². The lowest BCUT2D eigenvalue weighted by Crippen LogP contribution is -2.48. The van der Waals surface area contributed by atoms with E-state index < -0.39 is 0 Å². The van der Waals surface area contributed by atoms with Gasteiger partial charge in [0.05, 0.1) is 6.54 Å². The van der Waals surface area contributed by atoms with E-state index in [2.05, 4.69) is 19.2 Å². The maximum atomic E-state index is 12.0. The van der Waals surface area contributed by atoms with Gasteiger partial charge in [0.15, 0.2) is 0 Å². The molecule has 0 aromatic heterocycles. The van der Waals surface area contributed by atoms with Gasteiger partial charge >= 0.3 is 0 Å². The molecule has 1 atom stereocenters. The monoisotopic (exact) mass is 242 g/mol. The summed E-state index contributed by atoms with van der Waals surface area (Å²) < 4.78 is 0. The number of nitrogens with one attached hydrogen (secondary N) is 1. The van der Waals surface area contributed by atoms with Gasteiger partial charge in [-0.2, -0.15) is 0 Å². The number of aliphatic hydroxyl groups excluding tert-OH is 1. The highest BCUT2D eigenvalue weighted by Gasteiger charge is 2.32. The maximum Gasteiger partial charge on any atom is 0.236 e. The van der Waals surface area contributed by atoms with E-state index in [9.17, 15) is 4.79 Å². The molecule has 1 amide bonds. The minimum Gasteiger partial charge on any atom is -0.396 e. The molecular weight excluding hydrogens is 216 g/mol. The average Bonchev–Trinajstić information content (AvgIpc) is 3.12. The molecular formula is C13H26N2O2. The molecule has 0 aromatic rings. The number of rotatable bonds is 8. The van der Waals surface area contributed by atoms with Gasteiger partial charge in [-0.1, -0.05) is 6.92 Å². The van der Waals surface area contributed by atoms with Crippen LogP contribution in [-0.4, -0.2) is 47.2 Å². The smallest absolute Gasteiger partial charge is 0.236 e. The zero-order chi connectivity index (χ0) is 12.9. The Kier molecular flexibility index (Phi) is 5.40. The van der Waals surface area contributed by atoms with E-state index in [1.165, 1.54) is 0 Å². The van der Waals surface area contributed by atoms with Gasteiger partial charge in [-0.3, -0.25) is 4.79 Å². The summed E-state index contributed by atoms with van der Waals surface area (Å²) in [6.07, 6.45) is 3.91. The molecule has 1 fully saturated rings. The van der Waals surface area contributed by atoms with Crippen molar-refractivity contribution in [3.8, 4) is 0 Å². The number of carbonyl (C=O) groups excluding carboxylic acids is 1. The number of carbonyl (C=O) groups is 1. The van der Waals surface area contributed by atoms with Crippen molar-refractivity contribution in [2.45, 2.75) is 58.0 Å². The second kappa shape index (κ2) is 6.36. The Balaban J connectivity index is 2.39. The van der Waals surface area contributed by atoms with Gasteiger partial charge < -0.3 is 15.3 Å². The van der Waals surface area contributed by atoms with E-state index in [0.29, 0.717) is 19.0 Å². The first kappa shape index (κ1) is 14.5. The second-order valence-corrected chi connectivity index (χ2v) is 5.15. The Hall–Kier alpha value is -0.610. The van der Waals surface area contributed by atoms with Crippen LogP contribution in [0.2, 0.25) is 0 Å². The zero-order valence-corrected chi connectivity index (χ0v) is 11.3. The molecule has 0 radical (unpaired) electrons. The predicted octanol–water partition coefficient (Wildman–Crippen LogP) is 1.14. The highest BCUT2D eigenvalue weighted by molar-refractivity contribution is 5.79. The summed E-state index contributed by atoms with van der Waals surface area (Å²) in [6, 6.07) is 0.486. The van der Waals surface area contributed by atoms with Gasteiger partial charge in [0.2, 0.25) is 5.91 Å². The first-order chi connectivity index (χ1) is 8.06. The molecule has 1 unspecified atom stereocenters. The van der Waals surface area contributed by atoms with Gasteiger partial charge in [0, 0.05) is 24.7 Å². The molecule has 2 N–H and O–H groups in total. The van der Waals surface area contributed by atoms with Crippen molar-refractivity contribution in [1.82, 2.24) is 10.2 Å². The van der Waals surface area contributed by atoms with E-state index in [-0.39, 0.29) is 18.1 Å². The lowest BCUT2D eigenvalue weighted by Gasteiger charge is -2.30. The molecule has 0 aliphatic heterocycles. The van der Waals surface area contributed by atoms with Gasteiger partial charge in [0.1, 0.15) is 0 Å². The number of likely N-dealkylation sites (N-methyl/N-ethyl adjacent to an activating group) is 1. The number of aliphatic hydroxyl groups is 1. The van der Waals surface area contributed by atoms with Crippen molar-refractivity contribution in [2.75, 3.05) is 19.7 Å². The van der Waals surface area contributed by atoms with E-state index in [1.54, 1.807) is 0 Å². The Morgan fingerprint density at radius 2 is 2.12 bits per heavy atom. The quantitative estimate of drug-likeness (QED) is 0.671. The SMILES string of the molecule is CCN(C(=O)CNC(C)(CC)CCO)C1CC1. The minimum absolute atomic E-state index is 0.132. The van der Waals surface area contributed by atoms with Crippen molar-refractivity contribution < 1.29 is 9.90 Å². The van der Waals surface area contributed by atoms with Crippen molar-refractivity contribution >= 4 is 5.91 Å². The number of hydrogen-bond acceptors (Lipinski definition) is 3. The summed E-state index contributed by atoms with van der Waals surface area (Å²) in [6.45, 7) is 7.51. The van der Waals surface area contributed by atoms with Crippen LogP contribution in [0.25, 0.3) is 0 Å². The highest BCUT2D eigenvalue weighted by Crippen LogP contribution is 2.26. The van der Waals surface area contributed by atoms with E-state index in [4.69, 9.17) is 5.11 Å². The van der Waals surface area contributed by atoms with Crippen LogP contribution in [0.1, 0.15) is 46.5 Å². The number of amides is 1. The number of hydrogen-bond donors (Lipinski definition) is 2. The van der Waals surface area contributed by atoms with Crippen LogP contribution in [0.15, 0.2) is 0 Å². The van der Waals surface area contributed by atoms with Crippen LogP contribution in [0.4, 0.5) is 0 Å². The van der Waals surface area contributed by atoms with E-state index in [1.807, 2.05) is 11.8 Å². The van der Waals surface area contributed by atoms with Gasteiger partial charge in [-0.25, -0.2) is 0 Å². The third-order valence-electron chi connectivity index (χ3n) is 3.76. The van der Waals surface area contributed by atoms with Crippen molar-refractivity contribution in [2.24, 2.45) is 0 Å². The third-order valence-corrected chi connectivity index (χ3v) is 3.76. The molecule has 17 heavy (non-hydrogen) atoms. The first-order valence-electron chi connectivity index (χ1n) is 6.71. The second-order valence-electron chi connectivity index (χ2n) is 5.15. The zero-order valence-electron chi connectivity index (χ0n) is 11.3. The fourth-order valence-electron chi connectivity index (χ4n) is 2.05. The Morgan fingerprint density at radius 1 is 1.47 bits per heavy atom. The van der Waals surface area contributed by atoms with Crippen LogP contribution in [-0.2, 0) is 4.79 Å². The lowest BCUT2D eigenvalue weighted by molar-refractivity contribution is -0.131. The molecule has 0 heterocycles. The molecule has 0 spiro atoms. The highest BCUT2D eigenvalue weighted by atomic mass is 16.3. The predicted molar refractivity (Wildman–Crippen MR) is 68.8 cm³/mol. The molecule has 100 valence electrons. The summed E-state index contributed by atoms with van der Waals surface area (Å²) in [7, 11) is 0. The van der Waals surface area contributed by atoms with Crippen molar-refractivity contribution in [1.29, 1.82) is 0 Å². The van der Waals surface area contributed by atoms with E-state index >= 15 is 0 Å². The molecule has 0 saturated heterocycles. The van der Waals surface area contributed by atoms with Crippen LogP contribution >= 0.6 is 0 Å². The molecule has 0 aromatic carbocycles. The molecule has 1 aliphatic rings. The summed E-state index contributed by atoms with van der Waals surface area (Å²) >= 11 is 0. The molecule has 4 nitrogen and oxygen atoms in total. The fourth-order valence-corrected chi connectivity index (χ4v) is 2.05. The fraction of sp³-hybridized carbons (Fsp3) is 0.923. The average molecular weight is 242 g/mol. The lowest BCUT2D eigenvalue weighted by atomic mass is 9.95. The van der Waals surface area contributed by atoms with Crippen molar-refractivity contribution in [3.63, 3.8) is 0 Å². The maximum absolute atomic E-state index is 12.0. The molecule has 4 heteroatoms. The van der Waals surface area contributed by atoms with Crippen LogP contribution in [0.5, 0.6) is 0 Å². The summed E-state index contributed by atoms with van der Waals surface area (Å²) in [5.41, 5.74) is -0.132. The molecule has 1 rings (SSSR count). The first-order valence-corrected chi connectivity index (χ1v) is 6.71. The van der Waals surface area contributed by atoms with Crippen LogP contribution < -0.4 is 5.32 Å². The summed E-state index contributed by atoms with van der Waals surface area (Å²) in [5.74, 6) is 0.188. The number of nitrogens with zero attached hydrogens (tertiary/aromatic N) is 1. The topological polar surface area (TPSA) is 52.6 Å². The minimum atomic E-state index is -0.132. The Bertz CT molecular complexity index is 254. The van der Waals surface area contributed by atoms with Gasteiger partial charge in [-0.05, 0) is 39.5 Å². The third kappa shape index (κ3) is 4.28. The largest absolute Gasteiger partial charge is 0.396 e. The molecule has 1 saturated carbocycles.